The Morgan fingerprint density at radius 2 is 2.09 bits per heavy atom. The first-order valence-electron chi connectivity index (χ1n) is 7.76. The molecule has 0 aromatic heterocycles. The molecular weight excluding hydrogens is 272 g/mol. The first-order valence-corrected chi connectivity index (χ1v) is 7.76. The van der Waals surface area contributed by atoms with Gasteiger partial charge in [0.15, 0.2) is 0 Å². The molecule has 0 saturated heterocycles. The van der Waals surface area contributed by atoms with Crippen LogP contribution >= 0.6 is 0 Å². The van der Waals surface area contributed by atoms with Crippen LogP contribution < -0.4 is 11.1 Å². The molecule has 0 spiro atoms. The summed E-state index contributed by atoms with van der Waals surface area (Å²) in [6.07, 6.45) is 5.50. The topological polar surface area (TPSA) is 58.3 Å². The van der Waals surface area contributed by atoms with Gasteiger partial charge in [0.1, 0.15) is 0 Å². The van der Waals surface area contributed by atoms with E-state index in [0.717, 1.165) is 24.2 Å². The van der Waals surface area contributed by atoms with Gasteiger partial charge in [0.05, 0.1) is 6.10 Å². The van der Waals surface area contributed by atoms with Crippen molar-refractivity contribution in [1.82, 2.24) is 0 Å². The number of aliphatic hydroxyl groups excluding tert-OH is 1. The van der Waals surface area contributed by atoms with Gasteiger partial charge in [-0.3, -0.25) is 0 Å². The fraction of sp³-hybridized carbons (Fsp3) is 0.263. The SMILES string of the molecule is NCC[C@@H](O)c1cccc(NCc2ccc3c(c2)CC=C3)c1. The minimum absolute atomic E-state index is 0.488. The highest BCUT2D eigenvalue weighted by Crippen LogP contribution is 2.22. The zero-order valence-corrected chi connectivity index (χ0v) is 12.6. The first kappa shape index (κ1) is 14.8. The Balaban J connectivity index is 1.65. The maximum Gasteiger partial charge on any atom is 0.0802 e. The summed E-state index contributed by atoms with van der Waals surface area (Å²) in [6.45, 7) is 1.27. The van der Waals surface area contributed by atoms with Crippen LogP contribution in [0.3, 0.4) is 0 Å². The van der Waals surface area contributed by atoms with Gasteiger partial charge in [-0.15, -0.1) is 0 Å². The van der Waals surface area contributed by atoms with Gasteiger partial charge in [-0.2, -0.15) is 0 Å². The number of hydrogen-bond donors (Lipinski definition) is 3. The van der Waals surface area contributed by atoms with Crippen LogP contribution in [0.25, 0.3) is 6.08 Å². The minimum atomic E-state index is -0.488. The molecular formula is C19H22N2O. The summed E-state index contributed by atoms with van der Waals surface area (Å²) in [5.74, 6) is 0. The van der Waals surface area contributed by atoms with E-state index in [1.165, 1.54) is 16.7 Å². The van der Waals surface area contributed by atoms with Crippen molar-refractivity contribution in [1.29, 1.82) is 0 Å². The van der Waals surface area contributed by atoms with Crippen LogP contribution in [0.4, 0.5) is 5.69 Å². The number of nitrogens with one attached hydrogen (secondary N) is 1. The van der Waals surface area contributed by atoms with E-state index in [0.29, 0.717) is 13.0 Å². The van der Waals surface area contributed by atoms with Crippen molar-refractivity contribution in [3.63, 3.8) is 0 Å². The molecule has 0 unspecified atom stereocenters. The van der Waals surface area contributed by atoms with Crippen LogP contribution in [0.2, 0.25) is 0 Å². The zero-order chi connectivity index (χ0) is 15.4. The predicted octanol–water partition coefficient (Wildman–Crippen LogP) is 3.25. The lowest BCUT2D eigenvalue weighted by atomic mass is 10.0. The maximum atomic E-state index is 10.0. The van der Waals surface area contributed by atoms with Crippen LogP contribution in [0.5, 0.6) is 0 Å². The number of nitrogens with two attached hydrogens (primary N) is 1. The fourth-order valence-corrected chi connectivity index (χ4v) is 2.81. The molecule has 3 rings (SSSR count). The highest BCUT2D eigenvalue weighted by molar-refractivity contribution is 5.60. The summed E-state index contributed by atoms with van der Waals surface area (Å²) in [4.78, 5) is 0. The van der Waals surface area contributed by atoms with Crippen molar-refractivity contribution < 1.29 is 5.11 Å². The van der Waals surface area contributed by atoms with Gasteiger partial charge < -0.3 is 16.2 Å². The van der Waals surface area contributed by atoms with E-state index in [-0.39, 0.29) is 0 Å². The van der Waals surface area contributed by atoms with E-state index in [1.54, 1.807) is 0 Å². The molecule has 2 aromatic carbocycles. The number of allylic oxidation sites excluding steroid dienone is 1. The quantitative estimate of drug-likeness (QED) is 0.766. The summed E-state index contributed by atoms with van der Waals surface area (Å²) >= 11 is 0. The molecule has 1 aliphatic carbocycles. The minimum Gasteiger partial charge on any atom is -0.388 e. The summed E-state index contributed by atoms with van der Waals surface area (Å²) in [7, 11) is 0. The predicted molar refractivity (Wildman–Crippen MR) is 91.6 cm³/mol. The fourth-order valence-electron chi connectivity index (χ4n) is 2.81. The van der Waals surface area contributed by atoms with E-state index in [4.69, 9.17) is 5.73 Å². The number of rotatable bonds is 6. The monoisotopic (exact) mass is 294 g/mol. The Bertz CT molecular complexity index is 679. The third-order valence-electron chi connectivity index (χ3n) is 4.05. The highest BCUT2D eigenvalue weighted by Gasteiger charge is 2.08. The summed E-state index contributed by atoms with van der Waals surface area (Å²) in [6, 6.07) is 14.5. The van der Waals surface area contributed by atoms with E-state index >= 15 is 0 Å². The van der Waals surface area contributed by atoms with Crippen LogP contribution in [-0.2, 0) is 13.0 Å². The molecule has 0 aliphatic heterocycles. The summed E-state index contributed by atoms with van der Waals surface area (Å²) < 4.78 is 0. The van der Waals surface area contributed by atoms with Gasteiger partial charge in [0, 0.05) is 12.2 Å². The molecule has 0 heterocycles. The lowest BCUT2D eigenvalue weighted by Crippen LogP contribution is -2.07. The second-order valence-corrected chi connectivity index (χ2v) is 5.71. The molecule has 3 heteroatoms. The third-order valence-corrected chi connectivity index (χ3v) is 4.05. The third kappa shape index (κ3) is 3.38. The van der Waals surface area contributed by atoms with Gasteiger partial charge in [-0.05, 0) is 53.8 Å². The van der Waals surface area contributed by atoms with Crippen molar-refractivity contribution in [2.24, 2.45) is 5.73 Å². The number of hydrogen-bond acceptors (Lipinski definition) is 3. The molecule has 2 aromatic rings. The van der Waals surface area contributed by atoms with Crippen molar-refractivity contribution in [2.75, 3.05) is 11.9 Å². The average Bonchev–Trinajstić information content (AvgIpc) is 3.01. The zero-order valence-electron chi connectivity index (χ0n) is 12.6. The Hall–Kier alpha value is -2.10. The van der Waals surface area contributed by atoms with Crippen molar-refractivity contribution in [3.05, 3.63) is 70.8 Å². The normalized spacial score (nSPS) is 13.9. The molecule has 0 amide bonds. The molecule has 0 radical (unpaired) electrons. The van der Waals surface area contributed by atoms with Crippen molar-refractivity contribution in [3.8, 4) is 0 Å². The van der Waals surface area contributed by atoms with Gasteiger partial charge >= 0.3 is 0 Å². The molecule has 1 atom stereocenters. The molecule has 4 N–H and O–H groups in total. The van der Waals surface area contributed by atoms with Crippen LogP contribution in [0, 0.1) is 0 Å². The number of anilines is 1. The second-order valence-electron chi connectivity index (χ2n) is 5.71. The van der Waals surface area contributed by atoms with Gasteiger partial charge in [0.25, 0.3) is 0 Å². The number of fused-ring (bicyclic) bond motifs is 1. The lowest BCUT2D eigenvalue weighted by Gasteiger charge is -2.13. The Morgan fingerprint density at radius 1 is 1.18 bits per heavy atom. The number of aliphatic hydroxyl groups is 1. The van der Waals surface area contributed by atoms with Crippen LogP contribution in [0.15, 0.2) is 48.5 Å². The largest absolute Gasteiger partial charge is 0.388 e. The van der Waals surface area contributed by atoms with E-state index in [9.17, 15) is 5.11 Å². The second kappa shape index (κ2) is 6.77. The van der Waals surface area contributed by atoms with Gasteiger partial charge in [-0.1, -0.05) is 42.5 Å². The molecule has 0 saturated carbocycles. The highest BCUT2D eigenvalue weighted by atomic mass is 16.3. The lowest BCUT2D eigenvalue weighted by molar-refractivity contribution is 0.170. The van der Waals surface area contributed by atoms with Gasteiger partial charge in [-0.25, -0.2) is 0 Å². The Kier molecular flexibility index (Phi) is 4.56. The standard InChI is InChI=1S/C19H22N2O/c20-10-9-19(22)17-5-2-6-18(12-17)21-13-14-7-8-15-3-1-4-16(15)11-14/h1-3,5-8,11-12,19,21-22H,4,9-10,13,20H2/t19-/m1/s1. The summed E-state index contributed by atoms with van der Waals surface area (Å²) in [5, 5.41) is 13.4. The molecule has 0 bridgehead atoms. The average molecular weight is 294 g/mol. The Labute approximate surface area is 131 Å². The van der Waals surface area contributed by atoms with Gasteiger partial charge in [0.2, 0.25) is 0 Å². The van der Waals surface area contributed by atoms with Crippen molar-refractivity contribution in [2.45, 2.75) is 25.5 Å². The molecule has 114 valence electrons. The molecule has 0 fully saturated rings. The molecule has 1 aliphatic rings. The van der Waals surface area contributed by atoms with E-state index < -0.39 is 6.10 Å². The maximum absolute atomic E-state index is 10.0. The smallest absolute Gasteiger partial charge is 0.0802 e. The molecule has 22 heavy (non-hydrogen) atoms. The van der Waals surface area contributed by atoms with Crippen LogP contribution in [-0.4, -0.2) is 11.7 Å². The Morgan fingerprint density at radius 3 is 2.95 bits per heavy atom. The van der Waals surface area contributed by atoms with E-state index in [1.807, 2.05) is 24.3 Å². The number of benzene rings is 2. The van der Waals surface area contributed by atoms with Crippen LogP contribution in [0.1, 0.15) is 34.8 Å². The van der Waals surface area contributed by atoms with E-state index in [2.05, 4.69) is 35.7 Å². The van der Waals surface area contributed by atoms with Crippen molar-refractivity contribution >= 4 is 11.8 Å². The molecule has 3 nitrogen and oxygen atoms in total. The summed E-state index contributed by atoms with van der Waals surface area (Å²) in [5.41, 5.74) is 11.4. The first-order chi connectivity index (χ1) is 10.8.